The smallest absolute Gasteiger partial charge is 0.491 e. The summed E-state index contributed by atoms with van der Waals surface area (Å²) >= 11 is 12.5. The first-order valence-corrected chi connectivity index (χ1v) is 17.7. The Kier molecular flexibility index (Phi) is 11.4. The molecule has 256 valence electrons. The fraction of sp³-hybridized carbons (Fsp3) is 0.353. The lowest BCUT2D eigenvalue weighted by Gasteiger charge is -2.32. The lowest BCUT2D eigenvalue weighted by atomic mass is 9.84. The zero-order chi connectivity index (χ0) is 34.5. The van der Waals surface area contributed by atoms with Crippen molar-refractivity contribution in [3.05, 3.63) is 99.7 Å². The van der Waals surface area contributed by atoms with Crippen LogP contribution < -0.4 is 15.4 Å². The first kappa shape index (κ1) is 35.7. The Morgan fingerprint density at radius 1 is 0.958 bits per heavy atom. The molecular formula is C34H35Cl2F3N4O4S. The third-order valence-corrected chi connectivity index (χ3v) is 10.4. The number of nitrogens with one attached hydrogen (secondary N) is 2. The van der Waals surface area contributed by atoms with Gasteiger partial charge in [0.15, 0.2) is 0 Å². The van der Waals surface area contributed by atoms with Crippen molar-refractivity contribution in [2.24, 2.45) is 0 Å². The van der Waals surface area contributed by atoms with E-state index >= 15 is 0 Å². The number of sulfonamides is 1. The first-order valence-electron chi connectivity index (χ1n) is 15.5. The van der Waals surface area contributed by atoms with Crippen molar-refractivity contribution in [3.8, 4) is 5.75 Å². The number of pyridine rings is 1. The molecule has 1 aliphatic heterocycles. The van der Waals surface area contributed by atoms with Gasteiger partial charge in [0.05, 0.1) is 6.61 Å². The zero-order valence-corrected chi connectivity index (χ0v) is 28.4. The lowest BCUT2D eigenvalue weighted by Crippen LogP contribution is -2.47. The average Bonchev–Trinajstić information content (AvgIpc) is 3.04. The molecule has 2 heterocycles. The summed E-state index contributed by atoms with van der Waals surface area (Å²) in [6.07, 6.45) is 3.41. The molecule has 14 heteroatoms. The number of anilines is 1. The normalized spacial score (nSPS) is 14.7. The third-order valence-electron chi connectivity index (χ3n) is 8.22. The van der Waals surface area contributed by atoms with E-state index in [-0.39, 0.29) is 43.8 Å². The number of nitrogens with zero attached hydrogens (tertiary/aromatic N) is 2. The van der Waals surface area contributed by atoms with Gasteiger partial charge in [-0.25, -0.2) is 8.42 Å². The number of carbonyl (C=O) groups is 1. The number of ether oxygens (including phenoxy) is 1. The standard InChI is InChI=1S/C34H35Cl2F3N4O4S/c1-22(44)40-15-2-3-19-47-31-21-25(32(23-4-8-26(35)9-5-23)24-6-10-27(36)11-7-24)20-29-30(12-16-41-33(29)31)42-28-13-17-43(18-14-28)48(45,46)34(37,38)39/h4-12,16,20-21,28,32H,2-3,13-15,17-19H2,1H3,(H,40,44)(H,41,42). The summed E-state index contributed by atoms with van der Waals surface area (Å²) in [6.45, 7) is 1.86. The Morgan fingerprint density at radius 3 is 2.12 bits per heavy atom. The van der Waals surface area contributed by atoms with Gasteiger partial charge < -0.3 is 15.4 Å². The molecule has 4 aromatic rings. The largest absolute Gasteiger partial charge is 0.511 e. The minimum absolute atomic E-state index is 0.0954. The number of piperidine rings is 1. The van der Waals surface area contributed by atoms with Gasteiger partial charge in [0, 0.05) is 65.8 Å². The predicted molar refractivity (Wildman–Crippen MR) is 182 cm³/mol. The van der Waals surface area contributed by atoms with Crippen LogP contribution in [0.2, 0.25) is 10.0 Å². The van der Waals surface area contributed by atoms with Crippen LogP contribution in [0, 0.1) is 0 Å². The molecule has 1 aliphatic rings. The van der Waals surface area contributed by atoms with E-state index < -0.39 is 15.5 Å². The summed E-state index contributed by atoms with van der Waals surface area (Å²) in [7, 11) is -5.39. The fourth-order valence-electron chi connectivity index (χ4n) is 5.81. The highest BCUT2D eigenvalue weighted by Crippen LogP contribution is 2.40. The number of unbranched alkanes of at least 4 members (excludes halogenated alkanes) is 1. The monoisotopic (exact) mass is 722 g/mol. The van der Waals surface area contributed by atoms with E-state index in [9.17, 15) is 26.4 Å². The summed E-state index contributed by atoms with van der Waals surface area (Å²) in [5.74, 6) is 0.196. The van der Waals surface area contributed by atoms with E-state index in [2.05, 4.69) is 15.6 Å². The van der Waals surface area contributed by atoms with Gasteiger partial charge in [0.1, 0.15) is 11.3 Å². The molecule has 1 fully saturated rings. The number of hydrogen-bond acceptors (Lipinski definition) is 6. The Hall–Kier alpha value is -3.58. The molecule has 1 saturated heterocycles. The number of benzene rings is 3. The second kappa shape index (κ2) is 15.3. The van der Waals surface area contributed by atoms with Crippen LogP contribution in [0.5, 0.6) is 5.75 Å². The number of aromatic nitrogens is 1. The SMILES string of the molecule is CC(=O)NCCCCOc1cc(C(c2ccc(Cl)cc2)c2ccc(Cl)cc2)cc2c(NC3CCN(S(=O)(=O)C(F)(F)F)CC3)ccnc12. The van der Waals surface area contributed by atoms with Crippen LogP contribution in [0.15, 0.2) is 72.9 Å². The minimum atomic E-state index is -5.39. The van der Waals surface area contributed by atoms with Gasteiger partial charge in [-0.3, -0.25) is 9.78 Å². The summed E-state index contributed by atoms with van der Waals surface area (Å²) < 4.78 is 70.2. The van der Waals surface area contributed by atoms with Crippen molar-refractivity contribution < 1.29 is 31.1 Å². The van der Waals surface area contributed by atoms with Crippen LogP contribution in [0.25, 0.3) is 10.9 Å². The topological polar surface area (TPSA) is 101 Å². The second-order valence-electron chi connectivity index (χ2n) is 11.6. The molecule has 1 amide bonds. The number of alkyl halides is 3. The molecule has 5 rings (SSSR count). The zero-order valence-electron chi connectivity index (χ0n) is 26.1. The third kappa shape index (κ3) is 8.52. The molecule has 0 bridgehead atoms. The maximum Gasteiger partial charge on any atom is 0.511 e. The molecule has 3 aromatic carbocycles. The van der Waals surface area contributed by atoms with E-state index in [1.807, 2.05) is 60.7 Å². The molecule has 0 saturated carbocycles. The molecule has 0 aliphatic carbocycles. The number of fused-ring (bicyclic) bond motifs is 1. The van der Waals surface area contributed by atoms with Crippen LogP contribution in [-0.2, 0) is 14.8 Å². The van der Waals surface area contributed by atoms with E-state index in [0.717, 1.165) is 28.5 Å². The van der Waals surface area contributed by atoms with Crippen molar-refractivity contribution in [1.29, 1.82) is 0 Å². The van der Waals surface area contributed by atoms with Gasteiger partial charge in [-0.15, -0.1) is 0 Å². The summed E-state index contributed by atoms with van der Waals surface area (Å²) in [5.41, 5.74) is -1.22. The number of carbonyl (C=O) groups excluding carboxylic acids is 1. The first-order chi connectivity index (χ1) is 22.8. The highest BCUT2D eigenvalue weighted by molar-refractivity contribution is 7.90. The van der Waals surface area contributed by atoms with Crippen LogP contribution >= 0.6 is 23.2 Å². The highest BCUT2D eigenvalue weighted by Gasteiger charge is 2.50. The van der Waals surface area contributed by atoms with Crippen molar-refractivity contribution >= 4 is 55.7 Å². The molecule has 0 radical (unpaired) electrons. The molecule has 8 nitrogen and oxygen atoms in total. The molecule has 0 atom stereocenters. The van der Waals surface area contributed by atoms with Crippen molar-refractivity contribution in [2.75, 3.05) is 31.6 Å². The number of rotatable bonds is 12. The summed E-state index contributed by atoms with van der Waals surface area (Å²) in [6, 6.07) is 20.6. The van der Waals surface area contributed by atoms with Crippen LogP contribution in [-0.4, -0.2) is 61.4 Å². The lowest BCUT2D eigenvalue weighted by molar-refractivity contribution is -0.118. The Balaban J connectivity index is 1.51. The summed E-state index contributed by atoms with van der Waals surface area (Å²) in [5, 5.41) is 8.16. The molecule has 1 aromatic heterocycles. The van der Waals surface area contributed by atoms with E-state index in [4.69, 9.17) is 27.9 Å². The van der Waals surface area contributed by atoms with Gasteiger partial charge in [0.2, 0.25) is 5.91 Å². The Bertz CT molecular complexity index is 1790. The number of amides is 1. The van der Waals surface area contributed by atoms with Gasteiger partial charge in [-0.2, -0.15) is 17.5 Å². The molecular weight excluding hydrogens is 688 g/mol. The van der Waals surface area contributed by atoms with Crippen molar-refractivity contribution in [1.82, 2.24) is 14.6 Å². The van der Waals surface area contributed by atoms with Gasteiger partial charge in [0.25, 0.3) is 0 Å². The quantitative estimate of drug-likeness (QED) is 0.115. The Morgan fingerprint density at radius 2 is 1.56 bits per heavy atom. The average molecular weight is 724 g/mol. The van der Waals surface area contributed by atoms with Crippen molar-refractivity contribution in [2.45, 2.75) is 50.1 Å². The second-order valence-corrected chi connectivity index (χ2v) is 14.4. The molecule has 48 heavy (non-hydrogen) atoms. The van der Waals surface area contributed by atoms with E-state index in [1.165, 1.54) is 6.92 Å². The van der Waals surface area contributed by atoms with Crippen LogP contribution in [0.4, 0.5) is 18.9 Å². The highest BCUT2D eigenvalue weighted by atomic mass is 35.5. The van der Waals surface area contributed by atoms with Crippen molar-refractivity contribution in [3.63, 3.8) is 0 Å². The van der Waals surface area contributed by atoms with E-state index in [1.54, 1.807) is 12.3 Å². The van der Waals surface area contributed by atoms with Crippen LogP contribution in [0.1, 0.15) is 55.2 Å². The van der Waals surface area contributed by atoms with E-state index in [0.29, 0.717) is 50.9 Å². The predicted octanol–water partition coefficient (Wildman–Crippen LogP) is 7.74. The van der Waals surface area contributed by atoms with Gasteiger partial charge >= 0.3 is 15.5 Å². The molecule has 2 N–H and O–H groups in total. The maximum absolute atomic E-state index is 13.1. The summed E-state index contributed by atoms with van der Waals surface area (Å²) in [4.78, 5) is 15.9. The molecule has 0 spiro atoms. The fourth-order valence-corrected chi connectivity index (χ4v) is 7.05. The maximum atomic E-state index is 13.1. The van der Waals surface area contributed by atoms with Crippen LogP contribution in [0.3, 0.4) is 0 Å². The van der Waals surface area contributed by atoms with Gasteiger partial charge in [-0.1, -0.05) is 47.5 Å². The Labute approximate surface area is 287 Å². The number of hydrogen-bond donors (Lipinski definition) is 2. The minimum Gasteiger partial charge on any atom is -0.491 e. The molecule has 0 unspecified atom stereocenters. The van der Waals surface area contributed by atoms with Gasteiger partial charge in [-0.05, 0) is 84.8 Å². The number of halogens is 5.